The van der Waals surface area contributed by atoms with E-state index in [1.807, 2.05) is 18.2 Å². The summed E-state index contributed by atoms with van der Waals surface area (Å²) in [6, 6.07) is 13.2. The number of carbonyl (C=O) groups is 1. The minimum atomic E-state index is -0.321. The van der Waals surface area contributed by atoms with E-state index in [4.69, 9.17) is 0 Å². The number of hydrogen-bond donors (Lipinski definition) is 1. The third-order valence-corrected chi connectivity index (χ3v) is 3.81. The van der Waals surface area contributed by atoms with Crippen molar-refractivity contribution >= 4 is 23.9 Å². The molecule has 0 aliphatic heterocycles. The normalized spacial score (nSPS) is 11.6. The van der Waals surface area contributed by atoms with E-state index in [1.165, 1.54) is 0 Å². The molecule has 0 fully saturated rings. The van der Waals surface area contributed by atoms with Crippen molar-refractivity contribution in [2.24, 2.45) is 5.10 Å². The van der Waals surface area contributed by atoms with Gasteiger partial charge >= 0.3 is 0 Å². The molecule has 0 saturated carbocycles. The fourth-order valence-electron chi connectivity index (χ4n) is 1.72. The maximum Gasteiger partial charge on any atom is 0.289 e. The summed E-state index contributed by atoms with van der Waals surface area (Å²) < 4.78 is 0.112. The Balaban J connectivity index is 2.06. The van der Waals surface area contributed by atoms with E-state index in [0.717, 1.165) is 10.5 Å². The van der Waals surface area contributed by atoms with Gasteiger partial charge < -0.3 is 0 Å². The molecule has 1 N–H and O–H groups in total. The predicted molar refractivity (Wildman–Crippen MR) is 91.3 cm³/mol. The topological polar surface area (TPSA) is 54.4 Å². The van der Waals surface area contributed by atoms with E-state index >= 15 is 0 Å². The van der Waals surface area contributed by atoms with E-state index in [2.05, 4.69) is 42.3 Å². The predicted octanol–water partition coefficient (Wildman–Crippen LogP) is 3.74. The van der Waals surface area contributed by atoms with E-state index in [9.17, 15) is 4.79 Å². The summed E-state index contributed by atoms with van der Waals surface area (Å²) in [7, 11) is 0. The molecule has 0 aliphatic rings. The van der Waals surface area contributed by atoms with Crippen molar-refractivity contribution in [3.63, 3.8) is 0 Å². The summed E-state index contributed by atoms with van der Waals surface area (Å²) in [5.74, 6) is -0.321. The van der Waals surface area contributed by atoms with Crippen LogP contribution in [-0.2, 0) is 0 Å². The Morgan fingerprint density at radius 2 is 1.91 bits per heavy atom. The lowest BCUT2D eigenvalue weighted by molar-refractivity contribution is 0.0950. The zero-order chi connectivity index (χ0) is 16.0. The highest BCUT2D eigenvalue weighted by Crippen LogP contribution is 2.33. The molecule has 0 aliphatic carbocycles. The minimum absolute atomic E-state index is 0.112. The standard InChI is InChI=1S/C17H19N3OS/c1-17(2,3)22-15-10-5-4-8-13(15)12-19-20-16(21)14-9-6-7-11-18-14/h4-12H,1-3H3,(H,20,21)/b19-12+. The summed E-state index contributed by atoms with van der Waals surface area (Å²) in [6.07, 6.45) is 3.24. The molecular formula is C17H19N3OS. The van der Waals surface area contributed by atoms with Crippen LogP contribution in [0.25, 0.3) is 0 Å². The molecule has 0 spiro atoms. The molecule has 2 rings (SSSR count). The van der Waals surface area contributed by atoms with Crippen LogP contribution in [-0.4, -0.2) is 21.9 Å². The number of nitrogens with one attached hydrogen (secondary N) is 1. The maximum atomic E-state index is 11.9. The average Bonchev–Trinajstić information content (AvgIpc) is 2.48. The number of hydrazone groups is 1. The Labute approximate surface area is 135 Å². The summed E-state index contributed by atoms with van der Waals surface area (Å²) in [5.41, 5.74) is 3.82. The fraction of sp³-hybridized carbons (Fsp3) is 0.235. The van der Waals surface area contributed by atoms with E-state index in [0.29, 0.717) is 5.69 Å². The molecule has 0 saturated heterocycles. The summed E-state index contributed by atoms with van der Waals surface area (Å²) in [4.78, 5) is 17.0. The first-order valence-electron chi connectivity index (χ1n) is 6.98. The molecule has 0 atom stereocenters. The number of aromatic nitrogens is 1. The molecule has 1 aromatic heterocycles. The summed E-state index contributed by atoms with van der Waals surface area (Å²) >= 11 is 1.77. The zero-order valence-corrected chi connectivity index (χ0v) is 13.7. The van der Waals surface area contributed by atoms with Gasteiger partial charge in [-0.1, -0.05) is 45.0 Å². The second kappa shape index (κ2) is 7.22. The van der Waals surface area contributed by atoms with Crippen molar-refractivity contribution < 1.29 is 4.79 Å². The smallest absolute Gasteiger partial charge is 0.266 e. The van der Waals surface area contributed by atoms with Crippen molar-refractivity contribution in [3.05, 3.63) is 59.9 Å². The van der Waals surface area contributed by atoms with Gasteiger partial charge in [-0.3, -0.25) is 9.78 Å². The van der Waals surface area contributed by atoms with Crippen LogP contribution in [0, 0.1) is 0 Å². The Hall–Kier alpha value is -2.14. The highest BCUT2D eigenvalue weighted by Gasteiger charge is 2.13. The van der Waals surface area contributed by atoms with Gasteiger partial charge in [-0.15, -0.1) is 11.8 Å². The van der Waals surface area contributed by atoms with E-state index in [-0.39, 0.29) is 10.7 Å². The third-order valence-electron chi connectivity index (χ3n) is 2.60. The number of carbonyl (C=O) groups excluding carboxylic acids is 1. The quantitative estimate of drug-likeness (QED) is 0.531. The zero-order valence-electron chi connectivity index (χ0n) is 12.9. The van der Waals surface area contributed by atoms with Crippen LogP contribution in [0.2, 0.25) is 0 Å². The number of nitrogens with zero attached hydrogens (tertiary/aromatic N) is 2. The Morgan fingerprint density at radius 1 is 1.18 bits per heavy atom. The first kappa shape index (κ1) is 16.2. The monoisotopic (exact) mass is 313 g/mol. The fourth-order valence-corrected chi connectivity index (χ4v) is 2.77. The highest BCUT2D eigenvalue weighted by molar-refractivity contribution is 8.00. The van der Waals surface area contributed by atoms with Crippen molar-refractivity contribution in [2.75, 3.05) is 0 Å². The second-order valence-electron chi connectivity index (χ2n) is 5.67. The Kier molecular flexibility index (Phi) is 5.33. The molecule has 5 heteroatoms. The summed E-state index contributed by atoms with van der Waals surface area (Å²) in [6.45, 7) is 6.48. The van der Waals surface area contributed by atoms with Crippen LogP contribution < -0.4 is 5.43 Å². The third kappa shape index (κ3) is 5.00. The van der Waals surface area contributed by atoms with Crippen molar-refractivity contribution in [1.82, 2.24) is 10.4 Å². The van der Waals surface area contributed by atoms with Crippen LogP contribution in [0.4, 0.5) is 0 Å². The Bertz CT molecular complexity index is 663. The number of pyridine rings is 1. The van der Waals surface area contributed by atoms with Gasteiger partial charge in [0.2, 0.25) is 0 Å². The molecule has 2 aromatic rings. The molecule has 1 aromatic carbocycles. The van der Waals surface area contributed by atoms with Gasteiger partial charge in [0, 0.05) is 21.4 Å². The number of benzene rings is 1. The molecule has 4 nitrogen and oxygen atoms in total. The van der Waals surface area contributed by atoms with Crippen LogP contribution in [0.3, 0.4) is 0 Å². The average molecular weight is 313 g/mol. The van der Waals surface area contributed by atoms with Crippen LogP contribution in [0.15, 0.2) is 58.7 Å². The number of thioether (sulfide) groups is 1. The molecule has 114 valence electrons. The van der Waals surface area contributed by atoms with Gasteiger partial charge in [-0.2, -0.15) is 5.10 Å². The lowest BCUT2D eigenvalue weighted by Gasteiger charge is -2.18. The van der Waals surface area contributed by atoms with Crippen molar-refractivity contribution in [3.8, 4) is 0 Å². The van der Waals surface area contributed by atoms with Crippen molar-refractivity contribution in [2.45, 2.75) is 30.4 Å². The van der Waals surface area contributed by atoms with Crippen LogP contribution in [0.1, 0.15) is 36.8 Å². The SMILES string of the molecule is CC(C)(C)Sc1ccccc1/C=N/NC(=O)c1ccccn1. The van der Waals surface area contributed by atoms with E-state index in [1.54, 1.807) is 42.4 Å². The lowest BCUT2D eigenvalue weighted by Crippen LogP contribution is -2.18. The lowest BCUT2D eigenvalue weighted by atomic mass is 10.2. The van der Waals surface area contributed by atoms with Gasteiger partial charge in [-0.25, -0.2) is 5.43 Å². The van der Waals surface area contributed by atoms with Crippen molar-refractivity contribution in [1.29, 1.82) is 0 Å². The van der Waals surface area contributed by atoms with Crippen LogP contribution in [0.5, 0.6) is 0 Å². The minimum Gasteiger partial charge on any atom is -0.266 e. The van der Waals surface area contributed by atoms with Gasteiger partial charge in [-0.05, 0) is 18.2 Å². The molecule has 22 heavy (non-hydrogen) atoms. The number of hydrogen-bond acceptors (Lipinski definition) is 4. The first-order chi connectivity index (χ1) is 10.5. The summed E-state index contributed by atoms with van der Waals surface area (Å²) in [5, 5.41) is 4.03. The molecule has 0 bridgehead atoms. The highest BCUT2D eigenvalue weighted by atomic mass is 32.2. The molecule has 1 amide bonds. The molecule has 0 unspecified atom stereocenters. The van der Waals surface area contributed by atoms with Crippen LogP contribution >= 0.6 is 11.8 Å². The first-order valence-corrected chi connectivity index (χ1v) is 7.80. The number of amides is 1. The molecule has 0 radical (unpaired) electrons. The van der Waals surface area contributed by atoms with Gasteiger partial charge in [0.05, 0.1) is 6.21 Å². The largest absolute Gasteiger partial charge is 0.289 e. The van der Waals surface area contributed by atoms with Gasteiger partial charge in [0.1, 0.15) is 5.69 Å². The second-order valence-corrected chi connectivity index (χ2v) is 7.54. The molecule has 1 heterocycles. The van der Waals surface area contributed by atoms with Gasteiger partial charge in [0.25, 0.3) is 5.91 Å². The number of rotatable bonds is 4. The maximum absolute atomic E-state index is 11.9. The molecular weight excluding hydrogens is 294 g/mol. The van der Waals surface area contributed by atoms with E-state index < -0.39 is 0 Å². The Morgan fingerprint density at radius 3 is 2.59 bits per heavy atom. The van der Waals surface area contributed by atoms with Gasteiger partial charge in [0.15, 0.2) is 0 Å².